The van der Waals surface area contributed by atoms with Gasteiger partial charge in [0.25, 0.3) is 0 Å². The van der Waals surface area contributed by atoms with E-state index in [1.54, 1.807) is 0 Å². The Balaban J connectivity index is 0.973. The summed E-state index contributed by atoms with van der Waals surface area (Å²) >= 11 is 9.91. The molecule has 216 valence electrons. The lowest BCUT2D eigenvalue weighted by Crippen LogP contribution is -2.50. The molecule has 42 heavy (non-hydrogen) atoms. The Kier molecular flexibility index (Phi) is 7.73. The van der Waals surface area contributed by atoms with Gasteiger partial charge in [-0.25, -0.2) is 0 Å². The molecule has 1 aliphatic rings. The number of aromatic nitrogens is 2. The fraction of sp³-hybridized carbons (Fsp3) is 0.294. The highest BCUT2D eigenvalue weighted by atomic mass is 79.9. The molecule has 2 atom stereocenters. The molecule has 0 spiro atoms. The lowest BCUT2D eigenvalue weighted by atomic mass is 10.2. The van der Waals surface area contributed by atoms with Crippen molar-refractivity contribution in [1.29, 1.82) is 0 Å². The average Bonchev–Trinajstić information content (AvgIpc) is 3.46. The number of β-amino-alcohol motifs (C(OH)–C–C–N with tert-alkyl or cyclic N) is 2. The lowest BCUT2D eigenvalue weighted by Gasteiger charge is -2.36. The maximum Gasteiger partial charge on any atom is 0.0845 e. The minimum Gasteiger partial charge on any atom is -0.390 e. The summed E-state index contributed by atoms with van der Waals surface area (Å²) in [4.78, 5) is 4.68. The molecule has 2 aromatic heterocycles. The van der Waals surface area contributed by atoms with Gasteiger partial charge in [-0.1, -0.05) is 63.9 Å². The van der Waals surface area contributed by atoms with Crippen molar-refractivity contribution in [1.82, 2.24) is 18.9 Å². The first-order chi connectivity index (χ1) is 20.4. The molecule has 1 saturated heterocycles. The van der Waals surface area contributed by atoms with Crippen molar-refractivity contribution in [2.75, 3.05) is 39.3 Å². The van der Waals surface area contributed by atoms with Crippen LogP contribution in [0.1, 0.15) is 0 Å². The standard InChI is InChI=1S/C34H34BrClN4O2/c35-23-9-11-33-29(17-23)27-5-1-3-7-31(27)39(33)21-25(41)19-37-13-15-38(16-14-37)20-26(42)22-40-32-8-4-2-6-28(32)30-18-24(36)10-12-34(30)40/h1-12,17-18,25-26,41-42H,13-16,19-22H2. The summed E-state index contributed by atoms with van der Waals surface area (Å²) in [5, 5.41) is 27.7. The molecule has 0 amide bonds. The highest BCUT2D eigenvalue weighted by Gasteiger charge is 2.23. The number of piperazine rings is 1. The minimum atomic E-state index is -0.493. The summed E-state index contributed by atoms with van der Waals surface area (Å²) in [7, 11) is 0. The number of hydrogen-bond acceptors (Lipinski definition) is 4. The molecule has 1 fully saturated rings. The molecule has 8 heteroatoms. The third-order valence-corrected chi connectivity index (χ3v) is 9.39. The summed E-state index contributed by atoms with van der Waals surface area (Å²) in [5.41, 5.74) is 4.50. The van der Waals surface area contributed by atoms with Crippen LogP contribution in [0.5, 0.6) is 0 Å². The Morgan fingerprint density at radius 1 is 0.571 bits per heavy atom. The van der Waals surface area contributed by atoms with Gasteiger partial charge in [0, 0.05) is 92.4 Å². The second-order valence-corrected chi connectivity index (χ2v) is 12.8. The number of hydrogen-bond donors (Lipinski definition) is 2. The summed E-state index contributed by atoms with van der Waals surface area (Å²) in [6, 6.07) is 29.0. The van der Waals surface area contributed by atoms with Gasteiger partial charge >= 0.3 is 0 Å². The van der Waals surface area contributed by atoms with Gasteiger partial charge in [-0.15, -0.1) is 0 Å². The largest absolute Gasteiger partial charge is 0.390 e. The Hall–Kier alpha value is -2.91. The Bertz CT molecular complexity index is 1750. The zero-order chi connectivity index (χ0) is 28.8. The summed E-state index contributed by atoms with van der Waals surface area (Å²) < 4.78 is 5.52. The number of benzene rings is 4. The fourth-order valence-corrected chi connectivity index (χ4v) is 7.27. The SMILES string of the molecule is OC(CN1CCN(CC(O)Cn2c3ccccc3c3cc(Br)ccc32)CC1)Cn1c2ccccc2c2cc(Cl)ccc21. The second-order valence-electron chi connectivity index (χ2n) is 11.5. The second kappa shape index (κ2) is 11.6. The van der Waals surface area contributed by atoms with Crippen molar-refractivity contribution in [2.45, 2.75) is 25.3 Å². The molecule has 4 aromatic carbocycles. The molecule has 2 N–H and O–H groups in total. The van der Waals surface area contributed by atoms with Gasteiger partial charge < -0.3 is 19.3 Å². The molecule has 0 saturated carbocycles. The summed E-state index contributed by atoms with van der Waals surface area (Å²) in [5.74, 6) is 0. The Labute approximate surface area is 258 Å². The molecular weight excluding hydrogens is 612 g/mol. The maximum absolute atomic E-state index is 11.2. The minimum absolute atomic E-state index is 0.478. The molecule has 6 nitrogen and oxygen atoms in total. The van der Waals surface area contributed by atoms with E-state index in [1.165, 1.54) is 10.8 Å². The Morgan fingerprint density at radius 2 is 1.02 bits per heavy atom. The van der Waals surface area contributed by atoms with E-state index in [0.717, 1.165) is 68.5 Å². The Morgan fingerprint density at radius 3 is 1.57 bits per heavy atom. The predicted octanol–water partition coefficient (Wildman–Crippen LogP) is 6.36. The van der Waals surface area contributed by atoms with Crippen molar-refractivity contribution in [3.63, 3.8) is 0 Å². The lowest BCUT2D eigenvalue weighted by molar-refractivity contribution is 0.0415. The van der Waals surface area contributed by atoms with Crippen LogP contribution in [0.2, 0.25) is 5.02 Å². The van der Waals surface area contributed by atoms with Crippen LogP contribution in [-0.2, 0) is 13.1 Å². The quantitative estimate of drug-likeness (QED) is 0.202. The third kappa shape index (κ3) is 5.34. The molecule has 1 aliphatic heterocycles. The monoisotopic (exact) mass is 644 g/mol. The van der Waals surface area contributed by atoms with E-state index < -0.39 is 12.2 Å². The van der Waals surface area contributed by atoms with Gasteiger partial charge in [-0.05, 0) is 48.5 Å². The molecular formula is C34H34BrClN4O2. The molecule has 0 bridgehead atoms. The van der Waals surface area contributed by atoms with E-state index in [2.05, 4.69) is 89.5 Å². The highest BCUT2D eigenvalue weighted by Crippen LogP contribution is 2.32. The van der Waals surface area contributed by atoms with Crippen LogP contribution in [-0.4, -0.2) is 80.6 Å². The van der Waals surface area contributed by atoms with E-state index >= 15 is 0 Å². The van der Waals surface area contributed by atoms with E-state index in [4.69, 9.17) is 11.6 Å². The summed E-state index contributed by atoms with van der Waals surface area (Å²) in [6.07, 6.45) is -0.972. The van der Waals surface area contributed by atoms with E-state index in [9.17, 15) is 10.2 Å². The summed E-state index contributed by atoms with van der Waals surface area (Å²) in [6.45, 7) is 5.82. The number of aliphatic hydroxyl groups is 2. The smallest absolute Gasteiger partial charge is 0.0845 e. The van der Waals surface area contributed by atoms with Crippen molar-refractivity contribution in [2.24, 2.45) is 0 Å². The van der Waals surface area contributed by atoms with E-state index in [1.807, 2.05) is 30.3 Å². The van der Waals surface area contributed by atoms with Crippen molar-refractivity contribution >= 4 is 71.1 Å². The van der Waals surface area contributed by atoms with Gasteiger partial charge in [0.2, 0.25) is 0 Å². The van der Waals surface area contributed by atoms with Gasteiger partial charge in [0.05, 0.1) is 25.3 Å². The molecule has 0 aliphatic carbocycles. The van der Waals surface area contributed by atoms with Gasteiger partial charge in [0.1, 0.15) is 0 Å². The van der Waals surface area contributed by atoms with Gasteiger partial charge in [0.15, 0.2) is 0 Å². The van der Waals surface area contributed by atoms with Crippen molar-refractivity contribution in [3.8, 4) is 0 Å². The third-order valence-electron chi connectivity index (χ3n) is 8.66. The number of halogens is 2. The van der Waals surface area contributed by atoms with E-state index in [0.29, 0.717) is 26.2 Å². The number of rotatable bonds is 8. The number of para-hydroxylation sites is 2. The number of fused-ring (bicyclic) bond motifs is 6. The molecule has 6 aromatic rings. The van der Waals surface area contributed by atoms with Crippen molar-refractivity contribution in [3.05, 3.63) is 94.4 Å². The van der Waals surface area contributed by atoms with Crippen LogP contribution >= 0.6 is 27.5 Å². The van der Waals surface area contributed by atoms with Crippen LogP contribution in [0.15, 0.2) is 89.4 Å². The maximum atomic E-state index is 11.2. The highest BCUT2D eigenvalue weighted by molar-refractivity contribution is 9.10. The van der Waals surface area contributed by atoms with Gasteiger partial charge in [-0.2, -0.15) is 0 Å². The van der Waals surface area contributed by atoms with Gasteiger partial charge in [-0.3, -0.25) is 9.80 Å². The predicted molar refractivity (Wildman–Crippen MR) is 176 cm³/mol. The topological polar surface area (TPSA) is 56.8 Å². The van der Waals surface area contributed by atoms with Crippen LogP contribution in [0, 0.1) is 0 Å². The molecule has 0 radical (unpaired) electrons. The molecule has 7 rings (SSSR count). The zero-order valence-electron chi connectivity index (χ0n) is 23.3. The average molecular weight is 646 g/mol. The van der Waals surface area contributed by atoms with Crippen LogP contribution < -0.4 is 0 Å². The zero-order valence-corrected chi connectivity index (χ0v) is 25.7. The molecule has 2 unspecified atom stereocenters. The molecule has 3 heterocycles. The number of nitrogens with zero attached hydrogens (tertiary/aromatic N) is 4. The first-order valence-corrected chi connectivity index (χ1v) is 15.8. The van der Waals surface area contributed by atoms with Crippen LogP contribution in [0.25, 0.3) is 43.6 Å². The normalized spacial score (nSPS) is 16.7. The van der Waals surface area contributed by atoms with Crippen LogP contribution in [0.4, 0.5) is 0 Å². The van der Waals surface area contributed by atoms with Crippen LogP contribution in [0.3, 0.4) is 0 Å². The van der Waals surface area contributed by atoms with E-state index in [-0.39, 0.29) is 0 Å². The number of aliphatic hydroxyl groups excluding tert-OH is 2. The first-order valence-electron chi connectivity index (χ1n) is 14.6. The van der Waals surface area contributed by atoms with Crippen molar-refractivity contribution < 1.29 is 10.2 Å². The first kappa shape index (κ1) is 27.9. The fourth-order valence-electron chi connectivity index (χ4n) is 6.73.